The summed E-state index contributed by atoms with van der Waals surface area (Å²) < 4.78 is 15.8. The number of amides is 1. The minimum absolute atomic E-state index is 0.0155. The summed E-state index contributed by atoms with van der Waals surface area (Å²) >= 11 is 0. The number of pyridine rings is 2. The summed E-state index contributed by atoms with van der Waals surface area (Å²) in [5.74, 6) is -1.69. The van der Waals surface area contributed by atoms with E-state index in [0.717, 1.165) is 11.6 Å². The van der Waals surface area contributed by atoms with Crippen molar-refractivity contribution in [1.29, 1.82) is 0 Å². The highest BCUT2D eigenvalue weighted by Crippen LogP contribution is 2.27. The molecule has 0 fully saturated rings. The molecular weight excluding hydrogens is 458 g/mol. The van der Waals surface area contributed by atoms with Crippen LogP contribution in [-0.2, 0) is 11.3 Å². The molecule has 3 rings (SSSR count). The average molecular weight is 481 g/mol. The lowest BCUT2D eigenvalue weighted by atomic mass is 10.2. The van der Waals surface area contributed by atoms with Crippen LogP contribution in [0.4, 0.5) is 11.4 Å². The summed E-state index contributed by atoms with van der Waals surface area (Å²) in [7, 11) is 1.21. The third-order valence-corrected chi connectivity index (χ3v) is 4.58. The summed E-state index contributed by atoms with van der Waals surface area (Å²) in [6.45, 7) is 0.596. The van der Waals surface area contributed by atoms with Gasteiger partial charge >= 0.3 is 11.7 Å². The maximum Gasteiger partial charge on any atom is 0.356 e. The number of ether oxygens (including phenoxy) is 3. The van der Waals surface area contributed by atoms with Gasteiger partial charge in [0.2, 0.25) is 5.88 Å². The molecule has 1 aromatic carbocycles. The Bertz CT molecular complexity index is 1200. The Hall–Kier alpha value is -4.58. The zero-order valence-electron chi connectivity index (χ0n) is 18.8. The number of benzene rings is 1. The van der Waals surface area contributed by atoms with E-state index in [1.54, 1.807) is 24.3 Å². The predicted molar refractivity (Wildman–Crippen MR) is 124 cm³/mol. The number of nitrogens with one attached hydrogen (secondary N) is 1. The number of aromatic nitrogens is 2. The summed E-state index contributed by atoms with van der Waals surface area (Å²) in [5.41, 5.74) is 5.88. The van der Waals surface area contributed by atoms with Crippen LogP contribution >= 0.6 is 0 Å². The smallest absolute Gasteiger partial charge is 0.356 e. The van der Waals surface area contributed by atoms with Crippen molar-refractivity contribution >= 4 is 23.3 Å². The Morgan fingerprint density at radius 3 is 2.40 bits per heavy atom. The molecule has 2 aromatic heterocycles. The number of nitro groups is 1. The van der Waals surface area contributed by atoms with E-state index in [9.17, 15) is 19.7 Å². The van der Waals surface area contributed by atoms with Gasteiger partial charge in [-0.15, -0.1) is 0 Å². The number of methoxy groups -OCH3 is 1. The van der Waals surface area contributed by atoms with Crippen LogP contribution < -0.4 is 20.5 Å². The van der Waals surface area contributed by atoms with Gasteiger partial charge in [0.1, 0.15) is 18.0 Å². The lowest BCUT2D eigenvalue weighted by molar-refractivity contribution is -0.386. The topological polar surface area (TPSA) is 169 Å². The molecule has 0 atom stereocenters. The minimum Gasteiger partial charge on any atom is -0.476 e. The van der Waals surface area contributed by atoms with Crippen LogP contribution in [0.1, 0.15) is 33.0 Å². The molecule has 3 N–H and O–H groups in total. The van der Waals surface area contributed by atoms with Gasteiger partial charge in [-0.2, -0.15) is 0 Å². The van der Waals surface area contributed by atoms with Gasteiger partial charge in [0.15, 0.2) is 5.69 Å². The van der Waals surface area contributed by atoms with E-state index in [-0.39, 0.29) is 47.7 Å². The van der Waals surface area contributed by atoms with Gasteiger partial charge in [-0.25, -0.2) is 14.8 Å². The monoisotopic (exact) mass is 481 g/mol. The highest BCUT2D eigenvalue weighted by Gasteiger charge is 2.22. The van der Waals surface area contributed by atoms with Gasteiger partial charge in [0, 0.05) is 6.07 Å². The number of anilines is 1. The Morgan fingerprint density at radius 1 is 1.00 bits per heavy atom. The Kier molecular flexibility index (Phi) is 8.62. The van der Waals surface area contributed by atoms with Gasteiger partial charge in [-0.3, -0.25) is 14.9 Å². The third kappa shape index (κ3) is 6.71. The van der Waals surface area contributed by atoms with Crippen LogP contribution in [0.3, 0.4) is 0 Å². The lowest BCUT2D eigenvalue weighted by Crippen LogP contribution is -2.17. The van der Waals surface area contributed by atoms with E-state index in [1.807, 2.05) is 6.07 Å². The molecule has 2 heterocycles. The van der Waals surface area contributed by atoms with Gasteiger partial charge in [-0.1, -0.05) is 30.3 Å². The number of carbonyl (C=O) groups excluding carboxylic acids is 2. The number of esters is 1. The number of hydrogen-bond acceptors (Lipinski definition) is 10. The summed E-state index contributed by atoms with van der Waals surface area (Å²) in [5, 5.41) is 14.0. The fourth-order valence-corrected chi connectivity index (χ4v) is 2.83. The molecule has 0 aliphatic heterocycles. The molecule has 0 aliphatic rings. The second-order valence-electron chi connectivity index (χ2n) is 7.04. The standard InChI is InChI=1S/C23H23N5O7/c1-33-23(30)18-9-8-17(21(27-18)34-13-5-12-24)25-20(29)16-10-11-19(28(31)32)22(26-16)35-14-15-6-3-2-4-7-15/h2-4,6-11H,5,12-14,24H2,1H3,(H,25,29). The number of carbonyl (C=O) groups is 2. The van der Waals surface area contributed by atoms with Gasteiger partial charge < -0.3 is 25.3 Å². The molecule has 12 nitrogen and oxygen atoms in total. The van der Waals surface area contributed by atoms with Crippen molar-refractivity contribution in [3.05, 3.63) is 81.7 Å². The normalized spacial score (nSPS) is 10.3. The number of nitrogens with zero attached hydrogens (tertiary/aromatic N) is 3. The molecule has 35 heavy (non-hydrogen) atoms. The van der Waals surface area contributed by atoms with Gasteiger partial charge in [0.05, 0.1) is 18.6 Å². The van der Waals surface area contributed by atoms with Crippen LogP contribution in [0.5, 0.6) is 11.8 Å². The van der Waals surface area contributed by atoms with Crippen LogP contribution in [0.2, 0.25) is 0 Å². The van der Waals surface area contributed by atoms with Crippen LogP contribution in [0.25, 0.3) is 0 Å². The quantitative estimate of drug-likeness (QED) is 0.180. The van der Waals surface area contributed by atoms with E-state index < -0.39 is 16.8 Å². The molecular formula is C23H23N5O7. The van der Waals surface area contributed by atoms with Crippen molar-refractivity contribution in [2.75, 3.05) is 25.6 Å². The zero-order valence-corrected chi connectivity index (χ0v) is 18.8. The highest BCUT2D eigenvalue weighted by atomic mass is 16.6. The predicted octanol–water partition coefficient (Wildman–Crippen LogP) is 2.73. The molecule has 0 saturated carbocycles. The van der Waals surface area contributed by atoms with Crippen molar-refractivity contribution < 1.29 is 28.7 Å². The third-order valence-electron chi connectivity index (χ3n) is 4.58. The Morgan fingerprint density at radius 2 is 1.71 bits per heavy atom. The summed E-state index contributed by atoms with van der Waals surface area (Å²) in [6, 6.07) is 14.1. The molecule has 3 aromatic rings. The highest BCUT2D eigenvalue weighted by molar-refractivity contribution is 6.04. The lowest BCUT2D eigenvalue weighted by Gasteiger charge is -2.13. The fourth-order valence-electron chi connectivity index (χ4n) is 2.83. The second-order valence-corrected chi connectivity index (χ2v) is 7.04. The largest absolute Gasteiger partial charge is 0.476 e. The van der Waals surface area contributed by atoms with E-state index in [0.29, 0.717) is 13.0 Å². The van der Waals surface area contributed by atoms with Crippen molar-refractivity contribution in [2.24, 2.45) is 5.73 Å². The molecule has 0 unspecified atom stereocenters. The van der Waals surface area contributed by atoms with Crippen molar-refractivity contribution in [2.45, 2.75) is 13.0 Å². The van der Waals surface area contributed by atoms with Crippen molar-refractivity contribution in [3.8, 4) is 11.8 Å². The summed E-state index contributed by atoms with van der Waals surface area (Å²) in [4.78, 5) is 43.6. The maximum absolute atomic E-state index is 12.9. The van der Waals surface area contributed by atoms with Crippen molar-refractivity contribution in [1.82, 2.24) is 9.97 Å². The van der Waals surface area contributed by atoms with Crippen molar-refractivity contribution in [3.63, 3.8) is 0 Å². The number of nitrogens with two attached hydrogens (primary N) is 1. The van der Waals surface area contributed by atoms with Crippen LogP contribution in [0, 0.1) is 10.1 Å². The van der Waals surface area contributed by atoms with Gasteiger partial charge in [0.25, 0.3) is 11.8 Å². The Labute approximate surface area is 200 Å². The minimum atomic E-state index is -0.694. The first-order valence-corrected chi connectivity index (χ1v) is 10.5. The van der Waals surface area contributed by atoms with E-state index in [1.165, 1.54) is 25.3 Å². The number of rotatable bonds is 11. The Balaban J connectivity index is 1.84. The molecule has 0 bridgehead atoms. The summed E-state index contributed by atoms with van der Waals surface area (Å²) in [6.07, 6.45) is 0.517. The molecule has 0 radical (unpaired) electrons. The molecule has 0 aliphatic carbocycles. The molecule has 0 saturated heterocycles. The first-order valence-electron chi connectivity index (χ1n) is 10.5. The zero-order chi connectivity index (χ0) is 25.2. The molecule has 12 heteroatoms. The molecule has 0 spiro atoms. The maximum atomic E-state index is 12.9. The van der Waals surface area contributed by atoms with Crippen LogP contribution in [-0.4, -0.2) is 47.0 Å². The van der Waals surface area contributed by atoms with Crippen LogP contribution in [0.15, 0.2) is 54.6 Å². The van der Waals surface area contributed by atoms with E-state index in [4.69, 9.17) is 15.2 Å². The van der Waals surface area contributed by atoms with Gasteiger partial charge in [-0.05, 0) is 36.7 Å². The first-order chi connectivity index (χ1) is 16.9. The average Bonchev–Trinajstić information content (AvgIpc) is 2.88. The van der Waals surface area contributed by atoms with E-state index >= 15 is 0 Å². The molecule has 182 valence electrons. The number of hydrogen-bond donors (Lipinski definition) is 2. The molecule has 1 amide bonds. The first kappa shape index (κ1) is 25.1. The second kappa shape index (κ2) is 12.0. The van der Waals surface area contributed by atoms with E-state index in [2.05, 4.69) is 20.0 Å². The fraction of sp³-hybridized carbons (Fsp3) is 0.217. The SMILES string of the molecule is COC(=O)c1ccc(NC(=O)c2ccc([N+](=O)[O-])c(OCc3ccccc3)n2)c(OCCCN)n1.